The summed E-state index contributed by atoms with van der Waals surface area (Å²) in [5.74, 6) is 0. The molecule has 0 heterocycles. The van der Waals surface area contributed by atoms with Gasteiger partial charge in [0.25, 0.3) is 0 Å². The standard InChI is InChI=1S/C10H13F3N.H2O/c1-14(2,3)9-6-4-8(5-7-9)10(11,12)13;/h4-7H,1-3H3;1H2/q+1;/p-1. The van der Waals surface area contributed by atoms with Gasteiger partial charge in [0, 0.05) is 0 Å². The van der Waals surface area contributed by atoms with E-state index in [4.69, 9.17) is 0 Å². The van der Waals surface area contributed by atoms with Gasteiger partial charge in [-0.2, -0.15) is 13.2 Å². The van der Waals surface area contributed by atoms with E-state index in [9.17, 15) is 13.2 Å². The Morgan fingerprint density at radius 2 is 1.33 bits per heavy atom. The fourth-order valence-corrected chi connectivity index (χ4v) is 1.10. The summed E-state index contributed by atoms with van der Waals surface area (Å²) in [5, 5.41) is 0. The molecule has 15 heavy (non-hydrogen) atoms. The summed E-state index contributed by atoms with van der Waals surface area (Å²) in [6.07, 6.45) is -4.25. The number of hydrogen-bond acceptors (Lipinski definition) is 1. The van der Waals surface area contributed by atoms with E-state index in [1.165, 1.54) is 12.1 Å². The topological polar surface area (TPSA) is 30.0 Å². The van der Waals surface area contributed by atoms with Crippen molar-refractivity contribution in [3.8, 4) is 0 Å². The maximum Gasteiger partial charge on any atom is 0.416 e. The predicted molar refractivity (Wildman–Crippen MR) is 52.9 cm³/mol. The molecule has 0 fully saturated rings. The fourth-order valence-electron chi connectivity index (χ4n) is 1.10. The van der Waals surface area contributed by atoms with E-state index < -0.39 is 11.7 Å². The van der Waals surface area contributed by atoms with Gasteiger partial charge in [0.15, 0.2) is 0 Å². The molecule has 86 valence electrons. The van der Waals surface area contributed by atoms with Gasteiger partial charge >= 0.3 is 6.18 Å². The second-order valence-corrected chi connectivity index (χ2v) is 4.06. The Kier molecular flexibility index (Phi) is 3.90. The Balaban J connectivity index is 0.00000196. The van der Waals surface area contributed by atoms with Crippen LogP contribution in [0.2, 0.25) is 0 Å². The van der Waals surface area contributed by atoms with Crippen LogP contribution in [0.15, 0.2) is 24.3 Å². The van der Waals surface area contributed by atoms with Crippen molar-refractivity contribution in [2.45, 2.75) is 6.18 Å². The van der Waals surface area contributed by atoms with Gasteiger partial charge in [-0.3, -0.25) is 4.48 Å². The minimum absolute atomic E-state index is 0. The quantitative estimate of drug-likeness (QED) is 0.670. The molecule has 1 rings (SSSR count). The molecule has 5 heteroatoms. The molecule has 0 saturated carbocycles. The monoisotopic (exact) mass is 221 g/mol. The Morgan fingerprint density at radius 1 is 0.933 bits per heavy atom. The van der Waals surface area contributed by atoms with Crippen molar-refractivity contribution in [2.24, 2.45) is 0 Å². The molecule has 2 nitrogen and oxygen atoms in total. The second-order valence-electron chi connectivity index (χ2n) is 4.06. The minimum Gasteiger partial charge on any atom is -0.870 e. The van der Waals surface area contributed by atoms with Crippen molar-refractivity contribution in [1.82, 2.24) is 4.48 Å². The van der Waals surface area contributed by atoms with Crippen LogP contribution in [0.3, 0.4) is 0 Å². The summed E-state index contributed by atoms with van der Waals surface area (Å²) >= 11 is 0. The minimum atomic E-state index is -4.25. The Labute approximate surface area is 86.8 Å². The number of rotatable bonds is 1. The normalized spacial score (nSPS) is 12.1. The number of alkyl halides is 3. The molecule has 0 unspecified atom stereocenters. The summed E-state index contributed by atoms with van der Waals surface area (Å²) in [7, 11) is 5.72. The first-order valence-electron chi connectivity index (χ1n) is 4.20. The molecule has 0 amide bonds. The van der Waals surface area contributed by atoms with Crippen LogP contribution in [0.1, 0.15) is 5.56 Å². The van der Waals surface area contributed by atoms with Gasteiger partial charge in [-0.1, -0.05) is 0 Å². The van der Waals surface area contributed by atoms with Gasteiger partial charge in [0.1, 0.15) is 5.69 Å². The molecule has 0 bridgehead atoms. The molecule has 0 aliphatic rings. The van der Waals surface area contributed by atoms with E-state index in [1.807, 2.05) is 21.1 Å². The molecule has 0 atom stereocenters. The molecule has 1 aromatic carbocycles. The number of quaternary nitrogens is 1. The molecular weight excluding hydrogens is 207 g/mol. The number of hydrogen-bond donors (Lipinski definition) is 0. The van der Waals surface area contributed by atoms with Crippen molar-refractivity contribution in [2.75, 3.05) is 21.1 Å². The first kappa shape index (κ1) is 13.9. The van der Waals surface area contributed by atoms with Crippen LogP contribution >= 0.6 is 0 Å². The predicted octanol–water partition coefficient (Wildman–Crippen LogP) is 2.73. The molecule has 0 aliphatic heterocycles. The number of benzene rings is 1. The lowest BCUT2D eigenvalue weighted by atomic mass is 10.2. The molecule has 1 N–H and O–H groups in total. The Bertz CT molecular complexity index is 278. The molecule has 0 spiro atoms. The lowest BCUT2D eigenvalue weighted by Gasteiger charge is -2.23. The van der Waals surface area contributed by atoms with Gasteiger partial charge in [0.2, 0.25) is 0 Å². The zero-order valence-corrected chi connectivity index (χ0v) is 8.84. The van der Waals surface area contributed by atoms with E-state index in [0.717, 1.165) is 17.8 Å². The van der Waals surface area contributed by atoms with Crippen molar-refractivity contribution >= 4 is 5.69 Å². The second kappa shape index (κ2) is 4.20. The highest BCUT2D eigenvalue weighted by atomic mass is 19.4. The first-order chi connectivity index (χ1) is 6.21. The highest BCUT2D eigenvalue weighted by molar-refractivity contribution is 5.43. The van der Waals surface area contributed by atoms with Crippen molar-refractivity contribution in [1.29, 1.82) is 0 Å². The maximum absolute atomic E-state index is 12.2. The summed E-state index contributed by atoms with van der Waals surface area (Å²) in [6.45, 7) is 0. The highest BCUT2D eigenvalue weighted by Crippen LogP contribution is 2.30. The first-order valence-corrected chi connectivity index (χ1v) is 4.20. The highest BCUT2D eigenvalue weighted by Gasteiger charge is 2.30. The van der Waals surface area contributed by atoms with Crippen LogP contribution in [0.5, 0.6) is 0 Å². The lowest BCUT2D eigenvalue weighted by Crippen LogP contribution is -2.34. The average molecular weight is 221 g/mol. The third kappa shape index (κ3) is 3.53. The van der Waals surface area contributed by atoms with Gasteiger partial charge in [-0.25, -0.2) is 0 Å². The number of halogens is 3. The zero-order valence-electron chi connectivity index (χ0n) is 8.84. The lowest BCUT2D eigenvalue weighted by molar-refractivity contribution is -0.137. The van der Waals surface area contributed by atoms with Gasteiger partial charge in [0.05, 0.1) is 26.7 Å². The molecule has 1 aromatic rings. The third-order valence-corrected chi connectivity index (χ3v) is 1.97. The fraction of sp³-hybridized carbons (Fsp3) is 0.400. The summed E-state index contributed by atoms with van der Waals surface area (Å²) in [4.78, 5) is 0. The molecule has 0 aromatic heterocycles. The van der Waals surface area contributed by atoms with Crippen molar-refractivity contribution in [3.05, 3.63) is 29.8 Å². The largest absolute Gasteiger partial charge is 0.870 e. The maximum atomic E-state index is 12.2. The van der Waals surface area contributed by atoms with E-state index in [2.05, 4.69) is 0 Å². The Morgan fingerprint density at radius 3 is 1.60 bits per heavy atom. The van der Waals surface area contributed by atoms with Gasteiger partial charge in [-0.05, 0) is 24.3 Å². The van der Waals surface area contributed by atoms with Crippen LogP contribution in [0, 0.1) is 0 Å². The van der Waals surface area contributed by atoms with E-state index in [-0.39, 0.29) is 5.48 Å². The Hall–Kier alpha value is -1.07. The molecule has 0 aliphatic carbocycles. The van der Waals surface area contributed by atoms with Crippen LogP contribution in [-0.2, 0) is 6.18 Å². The van der Waals surface area contributed by atoms with E-state index in [0.29, 0.717) is 4.48 Å². The molecule has 0 radical (unpaired) electrons. The van der Waals surface area contributed by atoms with Crippen LogP contribution in [0.25, 0.3) is 0 Å². The van der Waals surface area contributed by atoms with Crippen molar-refractivity contribution < 1.29 is 18.6 Å². The average Bonchev–Trinajstić information content (AvgIpc) is 2.01. The summed E-state index contributed by atoms with van der Waals surface area (Å²) in [6, 6.07) is 5.23. The van der Waals surface area contributed by atoms with Gasteiger partial charge < -0.3 is 5.48 Å². The van der Waals surface area contributed by atoms with Crippen molar-refractivity contribution in [3.63, 3.8) is 0 Å². The molecular formula is C10H14F3NO. The van der Waals surface area contributed by atoms with E-state index in [1.54, 1.807) is 0 Å². The third-order valence-electron chi connectivity index (χ3n) is 1.97. The SMILES string of the molecule is C[N+](C)(C)c1ccc(C(F)(F)F)cc1.[OH-]. The smallest absolute Gasteiger partial charge is 0.416 e. The van der Waals surface area contributed by atoms with Crippen LogP contribution < -0.4 is 4.48 Å². The molecule has 0 saturated heterocycles. The zero-order chi connectivity index (χ0) is 11.0. The summed E-state index contributed by atoms with van der Waals surface area (Å²) < 4.78 is 37.1. The number of nitrogens with zero attached hydrogens (tertiary/aromatic N) is 1. The van der Waals surface area contributed by atoms with Crippen LogP contribution in [-0.4, -0.2) is 26.6 Å². The van der Waals surface area contributed by atoms with Gasteiger partial charge in [-0.15, -0.1) is 0 Å². The summed E-state index contributed by atoms with van der Waals surface area (Å²) in [5.41, 5.74) is 0.243. The van der Waals surface area contributed by atoms with E-state index >= 15 is 0 Å². The van der Waals surface area contributed by atoms with Crippen LogP contribution in [0.4, 0.5) is 18.9 Å².